The number of allylic oxidation sites excluding steroid dienone is 5. The summed E-state index contributed by atoms with van der Waals surface area (Å²) in [6.45, 7) is 14.1. The fourth-order valence-corrected chi connectivity index (χ4v) is 5.74. The Morgan fingerprint density at radius 1 is 1.26 bits per heavy atom. The lowest BCUT2D eigenvalue weighted by Crippen LogP contribution is -2.76. The number of benzene rings is 1. The number of nitrogens with one attached hydrogen (secondary N) is 2. The number of morpholine rings is 1. The average molecular weight is 508 g/mol. The van der Waals surface area contributed by atoms with Gasteiger partial charge in [-0.2, -0.15) is 0 Å². The highest BCUT2D eigenvalue weighted by molar-refractivity contribution is 6.35. The van der Waals surface area contributed by atoms with Crippen molar-refractivity contribution in [1.82, 2.24) is 9.57 Å². The number of hydrogen-bond acceptors (Lipinski definition) is 4. The quantitative estimate of drug-likeness (QED) is 0.473. The Morgan fingerprint density at radius 3 is 2.84 bits per heavy atom. The predicted molar refractivity (Wildman–Crippen MR) is 154 cm³/mol. The zero-order chi connectivity index (χ0) is 26.2. The monoisotopic (exact) mass is 507 g/mol. The maximum absolute atomic E-state index is 13.0. The van der Waals surface area contributed by atoms with E-state index in [0.29, 0.717) is 18.8 Å². The molecule has 0 spiro atoms. The van der Waals surface area contributed by atoms with Gasteiger partial charge in [0.1, 0.15) is 5.70 Å². The van der Waals surface area contributed by atoms with Crippen molar-refractivity contribution in [2.45, 2.75) is 32.2 Å². The van der Waals surface area contributed by atoms with Crippen LogP contribution in [-0.2, 0) is 9.53 Å². The minimum Gasteiger partial charge on any atom is -0.378 e. The van der Waals surface area contributed by atoms with Gasteiger partial charge >= 0.3 is 5.71 Å². The largest absolute Gasteiger partial charge is 0.378 e. The van der Waals surface area contributed by atoms with Gasteiger partial charge in [0.05, 0.1) is 36.7 Å². The molecule has 1 aromatic carbocycles. The molecule has 6 rings (SSSR count). The summed E-state index contributed by atoms with van der Waals surface area (Å²) in [5.74, 6) is -0.0285. The molecule has 1 fully saturated rings. The van der Waals surface area contributed by atoms with Crippen molar-refractivity contribution in [2.24, 2.45) is 10.9 Å². The van der Waals surface area contributed by atoms with Crippen LogP contribution in [0.3, 0.4) is 0 Å². The molecule has 0 aliphatic carbocycles. The third-order valence-corrected chi connectivity index (χ3v) is 7.84. The lowest BCUT2D eigenvalue weighted by atomic mass is 9.89. The molecule has 2 atom stereocenters. The molecular weight excluding hydrogens is 474 g/mol. The van der Waals surface area contributed by atoms with Gasteiger partial charge in [-0.05, 0) is 37.5 Å². The maximum Gasteiger partial charge on any atom is 0.332 e. The van der Waals surface area contributed by atoms with E-state index >= 15 is 0 Å². The summed E-state index contributed by atoms with van der Waals surface area (Å²) in [5.41, 5.74) is 9.29. The zero-order valence-electron chi connectivity index (χ0n) is 21.8. The van der Waals surface area contributed by atoms with Crippen LogP contribution in [0.25, 0.3) is 11.1 Å². The maximum atomic E-state index is 13.0. The van der Waals surface area contributed by atoms with E-state index in [9.17, 15) is 4.79 Å². The Hall–Kier alpha value is -4.06. The zero-order valence-corrected chi connectivity index (χ0v) is 21.8. The van der Waals surface area contributed by atoms with Crippen LogP contribution < -0.4 is 15.0 Å². The molecule has 0 saturated carbocycles. The summed E-state index contributed by atoms with van der Waals surface area (Å²) >= 11 is 0. The highest BCUT2D eigenvalue weighted by Gasteiger charge is 2.40. The molecular formula is C31H33N5O2+2. The molecule has 0 radical (unpaired) electrons. The van der Waals surface area contributed by atoms with E-state index in [2.05, 4.69) is 58.5 Å². The molecule has 5 heterocycles. The standard InChI is InChI=1S/C31H31N5O2/c1-19-29(34-20(2)30(19)21(3)36-12-14-38-15-13-36)17-25-24-16-22(7-9-26(24)35-31(25)37)23-8-10-28(33-18-23)27-6-4-5-11-32-27/h6-9,11,16-18,20,30H,1,3-5,10,12-15H2,2H3/p+2. The first-order valence-electron chi connectivity index (χ1n) is 13.3. The van der Waals surface area contributed by atoms with Crippen LogP contribution in [0.15, 0.2) is 71.5 Å². The van der Waals surface area contributed by atoms with Crippen LogP contribution in [0, 0.1) is 5.92 Å². The molecule has 0 aromatic heterocycles. The van der Waals surface area contributed by atoms with Gasteiger partial charge < -0.3 is 15.0 Å². The van der Waals surface area contributed by atoms with Crippen molar-refractivity contribution < 1.29 is 14.5 Å². The minimum absolute atomic E-state index is 0.0767. The Kier molecular flexibility index (Phi) is 6.40. The number of nitrogens with zero attached hydrogens (tertiary/aromatic N) is 3. The van der Waals surface area contributed by atoms with Gasteiger partial charge in [-0.15, -0.1) is 0 Å². The lowest BCUT2D eigenvalue weighted by molar-refractivity contribution is -0.493. The number of fused-ring (bicyclic) bond motifs is 1. The molecule has 1 saturated heterocycles. The Balaban J connectivity index is 1.25. The van der Waals surface area contributed by atoms with E-state index in [1.54, 1.807) is 0 Å². The van der Waals surface area contributed by atoms with Crippen molar-refractivity contribution in [3.63, 3.8) is 0 Å². The van der Waals surface area contributed by atoms with Crippen LogP contribution in [0.4, 0.5) is 5.69 Å². The summed E-state index contributed by atoms with van der Waals surface area (Å²) in [6.07, 6.45) is 12.9. The summed E-state index contributed by atoms with van der Waals surface area (Å²) in [5, 5.41) is 3.02. The van der Waals surface area contributed by atoms with Gasteiger partial charge in [0.2, 0.25) is 5.71 Å². The molecule has 2 N–H and O–H groups in total. The molecule has 5 aliphatic rings. The molecule has 5 aliphatic heterocycles. The molecule has 2 unspecified atom stereocenters. The summed E-state index contributed by atoms with van der Waals surface area (Å²) in [7, 11) is 0. The fourth-order valence-electron chi connectivity index (χ4n) is 5.74. The van der Waals surface area contributed by atoms with Crippen molar-refractivity contribution in [3.05, 3.63) is 77.7 Å². The van der Waals surface area contributed by atoms with Gasteiger partial charge in [-0.25, -0.2) is 4.99 Å². The van der Waals surface area contributed by atoms with Crippen LogP contribution in [-0.4, -0.2) is 67.0 Å². The highest BCUT2D eigenvalue weighted by Crippen LogP contribution is 2.35. The highest BCUT2D eigenvalue weighted by atomic mass is 16.5. The number of carbonyl (C=O) groups is 1. The fraction of sp³-hybridized carbons (Fsp3) is 0.323. The summed E-state index contributed by atoms with van der Waals surface area (Å²) < 4.78 is 10.2. The average Bonchev–Trinajstić information content (AvgIpc) is 3.42. The number of rotatable bonds is 5. The second-order valence-electron chi connectivity index (χ2n) is 10.3. The van der Waals surface area contributed by atoms with Gasteiger partial charge in [0.25, 0.3) is 12.1 Å². The Labute approximate surface area is 223 Å². The molecule has 38 heavy (non-hydrogen) atoms. The predicted octanol–water partition coefficient (Wildman–Crippen LogP) is 2.08. The van der Waals surface area contributed by atoms with Crippen LogP contribution in [0.1, 0.15) is 37.3 Å². The van der Waals surface area contributed by atoms with Crippen molar-refractivity contribution in [2.75, 3.05) is 31.6 Å². The molecule has 7 nitrogen and oxygen atoms in total. The third-order valence-electron chi connectivity index (χ3n) is 7.84. The number of aliphatic imine (C=N–C) groups is 1. The molecule has 1 aromatic rings. The van der Waals surface area contributed by atoms with Gasteiger partial charge in [0, 0.05) is 47.9 Å². The first kappa shape index (κ1) is 24.3. The Morgan fingerprint density at radius 2 is 2.11 bits per heavy atom. The van der Waals surface area contributed by atoms with Crippen molar-refractivity contribution in [1.29, 1.82) is 0 Å². The van der Waals surface area contributed by atoms with E-state index in [1.165, 1.54) is 0 Å². The number of anilines is 1. The number of ether oxygens (including phenoxy) is 1. The van der Waals surface area contributed by atoms with E-state index < -0.39 is 0 Å². The third kappa shape index (κ3) is 4.44. The summed E-state index contributed by atoms with van der Waals surface area (Å²) in [4.78, 5) is 23.4. The second kappa shape index (κ2) is 10.0. The van der Waals surface area contributed by atoms with Crippen molar-refractivity contribution >= 4 is 46.6 Å². The van der Waals surface area contributed by atoms with E-state index in [-0.39, 0.29) is 17.9 Å². The smallest absolute Gasteiger partial charge is 0.332 e. The topological polar surface area (TPSA) is 82.0 Å². The molecule has 192 valence electrons. The van der Waals surface area contributed by atoms with E-state index in [4.69, 9.17) is 9.40 Å². The lowest BCUT2D eigenvalue weighted by Gasteiger charge is -2.33. The van der Waals surface area contributed by atoms with Crippen LogP contribution >= 0.6 is 0 Å². The van der Waals surface area contributed by atoms with Crippen LogP contribution in [0.5, 0.6) is 0 Å². The Bertz CT molecular complexity index is 1460. The van der Waals surface area contributed by atoms with Gasteiger partial charge in [0.15, 0.2) is 6.04 Å². The van der Waals surface area contributed by atoms with E-state index in [0.717, 1.165) is 83.1 Å². The molecule has 1 amide bonds. The SMILES string of the molecule is C=C1C(/C=C2\C(=O)Nc3ccc(C4=CCC(C5=CCCC=N5)=[N+]=C4)cc32)=[NH+]C(C)C1C(=C)N1CCOCC1. The number of hydrogen-bond donors (Lipinski definition) is 2. The number of amides is 1. The van der Waals surface area contributed by atoms with Crippen LogP contribution in [0.2, 0.25) is 0 Å². The first-order chi connectivity index (χ1) is 18.5. The molecule has 7 heteroatoms. The number of carbonyl (C=O) groups excluding carboxylic acids is 1. The van der Waals surface area contributed by atoms with E-state index in [1.807, 2.05) is 30.6 Å². The van der Waals surface area contributed by atoms with Gasteiger partial charge in [-0.3, -0.25) is 9.79 Å². The summed E-state index contributed by atoms with van der Waals surface area (Å²) in [6, 6.07) is 6.22. The van der Waals surface area contributed by atoms with Gasteiger partial charge in [-0.1, -0.05) is 36.0 Å². The second-order valence-corrected chi connectivity index (χ2v) is 10.3. The first-order valence-corrected chi connectivity index (χ1v) is 13.3. The minimum atomic E-state index is -0.105. The molecule has 0 bridgehead atoms. The van der Waals surface area contributed by atoms with Crippen molar-refractivity contribution in [3.8, 4) is 0 Å². The normalized spacial score (nSPS) is 25.6.